The first-order valence-corrected chi connectivity index (χ1v) is 27.0. The van der Waals surface area contributed by atoms with Crippen molar-refractivity contribution in [3.63, 3.8) is 0 Å². The monoisotopic (exact) mass is 1560 g/mol. The summed E-state index contributed by atoms with van der Waals surface area (Å²) in [7, 11) is -8.62. The van der Waals surface area contributed by atoms with E-state index in [1.165, 1.54) is 0 Å². The van der Waals surface area contributed by atoms with Gasteiger partial charge in [-0.1, -0.05) is 26.2 Å². The van der Waals surface area contributed by atoms with Crippen LogP contribution in [0.25, 0.3) is 10.3 Å². The fraction of sp³-hybridized carbons (Fsp3) is 1.00. The van der Waals surface area contributed by atoms with Crippen LogP contribution in [0.1, 0.15) is 0 Å². The maximum absolute atomic E-state index is 11.5. The molecule has 1 rings (SSSR count). The van der Waals surface area contributed by atoms with Crippen molar-refractivity contribution in [2.45, 2.75) is 78.6 Å². The van der Waals surface area contributed by atoms with Gasteiger partial charge in [-0.2, -0.15) is 19.8 Å². The van der Waals surface area contributed by atoms with Gasteiger partial charge >= 0.3 is 34.2 Å². The van der Waals surface area contributed by atoms with Crippen LogP contribution in [0, 0.1) is 124 Å². The van der Waals surface area contributed by atoms with Crippen LogP contribution in [0.3, 0.4) is 0 Å². The van der Waals surface area contributed by atoms with E-state index in [0.717, 1.165) is 0 Å². The van der Waals surface area contributed by atoms with Gasteiger partial charge in [0.1, 0.15) is 0 Å². The number of hydrogen-bond acceptors (Lipinski definition) is 6. The zero-order chi connectivity index (χ0) is 23.2. The summed E-state index contributed by atoms with van der Waals surface area (Å²) in [4.78, 5) is 11.5. The molecule has 0 aliphatic carbocycles. The molecule has 0 spiro atoms. The summed E-state index contributed by atoms with van der Waals surface area (Å²) >= 11 is 0. The zero-order valence-electron chi connectivity index (χ0n) is 23.0. The van der Waals surface area contributed by atoms with Gasteiger partial charge in [0.05, 0.1) is 17.0 Å². The Morgan fingerprint density at radius 3 is 1.09 bits per heavy atom. The smallest absolute Gasteiger partial charge is 0.314 e. The average molecular weight is 1560 g/mol. The topological polar surface area (TPSA) is 107 Å². The molecule has 1 N–H and O–H groups in total. The van der Waals surface area contributed by atoms with E-state index in [1.807, 2.05) is 26.2 Å². The van der Waals surface area contributed by atoms with Gasteiger partial charge in [-0.15, -0.1) is 0 Å². The minimum Gasteiger partial charge on any atom is -0.839 e. The molecule has 204 valence electrons. The number of hydrogen-bond donors (Lipinski definition) is 0. The maximum atomic E-state index is 11.5. The molecule has 34 heavy (non-hydrogen) atoms. The van der Waals surface area contributed by atoms with Crippen molar-refractivity contribution in [1.82, 2.24) is 0 Å². The van der Waals surface area contributed by atoms with Crippen LogP contribution >= 0.6 is 38.6 Å². The van der Waals surface area contributed by atoms with Crippen molar-refractivity contribution < 1.29 is 150 Å². The molecule has 4 unspecified atom stereocenters. The minimum atomic E-state index is -2.74. The molecule has 1 heterocycles. The Kier molecular flexibility index (Phi) is 44.7. The summed E-state index contributed by atoms with van der Waals surface area (Å²) in [5.41, 5.74) is 5.67. The third-order valence-corrected chi connectivity index (χ3v) is 25.0. The van der Waals surface area contributed by atoms with Crippen LogP contribution in [-0.4, -0.2) is 51.3 Å². The summed E-state index contributed by atoms with van der Waals surface area (Å²) in [6.45, 7) is 23.6. The van der Waals surface area contributed by atoms with Gasteiger partial charge in [-0.3, -0.25) is 18.8 Å². The number of nitrogens with one attached hydrogen (secondary N) is 1. The molecular weight excluding hydrogens is 1510 g/mol. The van der Waals surface area contributed by atoms with Gasteiger partial charge in [0.2, 0.25) is 0 Å². The van der Waals surface area contributed by atoms with Crippen molar-refractivity contribution in [1.29, 1.82) is 0 Å². The molecule has 1 fully saturated rings. The summed E-state index contributed by atoms with van der Waals surface area (Å²) in [6.07, 6.45) is 0. The predicted octanol–water partition coefficient (Wildman–Crippen LogP) is 4.75. The molecule has 1 aliphatic rings. The molecular formula is C12H47N2O6P4Si6U4-3. The van der Waals surface area contributed by atoms with E-state index < -0.39 is 51.3 Å². The fourth-order valence-corrected chi connectivity index (χ4v) is 29.7. The molecule has 0 amide bonds. The third kappa shape index (κ3) is 35.1. The third-order valence-electron chi connectivity index (χ3n) is 2.77. The zero-order valence-corrected chi connectivity index (χ0v) is 50.8. The first-order valence-electron chi connectivity index (χ1n) is 9.02. The standard InChI is InChI=1S/C6H20NO3PSi3.C6H18O3Si3.H3NP.2H3P.4U/c1-12(2,7-11)9-14(5,6)10-13(3,4)8;1-10(2)7-11(3,4)9-12(5,6)8-10;1-2;;;;;;/h11H2,1-6H3;1-6H3;1H,2H2;2*1H3;;;;/q-2;;-1;;;;;;. The number of rotatable bonds is 5. The van der Waals surface area contributed by atoms with Crippen LogP contribution in [-0.2, 0) is 20.6 Å². The van der Waals surface area contributed by atoms with E-state index in [9.17, 15) is 4.80 Å². The van der Waals surface area contributed by atoms with Crippen LogP contribution in [0.2, 0.25) is 78.6 Å². The molecule has 0 radical (unpaired) electrons. The molecule has 1 saturated heterocycles. The second kappa shape index (κ2) is 25.3. The average Bonchev–Trinajstić information content (AvgIpc) is 2.31. The Balaban J connectivity index is -0.0000000532. The van der Waals surface area contributed by atoms with Crippen molar-refractivity contribution >= 4 is 89.9 Å². The summed E-state index contributed by atoms with van der Waals surface area (Å²) in [5.74, 6) is 0. The van der Waals surface area contributed by atoms with Gasteiger partial charge in [-0.25, -0.2) is 0 Å². The molecule has 0 saturated carbocycles. The second-order valence-corrected chi connectivity index (χ2v) is 31.1. The largest absolute Gasteiger partial charge is 0.839 e. The van der Waals surface area contributed by atoms with Gasteiger partial charge in [-0.05, 0) is 52.4 Å². The summed E-state index contributed by atoms with van der Waals surface area (Å²) in [5, 5.41) is 0. The van der Waals surface area contributed by atoms with Crippen LogP contribution in [0.15, 0.2) is 0 Å². The molecule has 0 bridgehead atoms. The Hall–Kier alpha value is 6.91. The quantitative estimate of drug-likeness (QED) is 0.291. The van der Waals surface area contributed by atoms with Crippen LogP contribution < -0.4 is 4.80 Å². The predicted molar refractivity (Wildman–Crippen MR) is 160 cm³/mol. The molecule has 22 heteroatoms. The van der Waals surface area contributed by atoms with E-state index in [-0.39, 0.29) is 144 Å². The first kappa shape index (κ1) is 60.2. The first-order chi connectivity index (χ1) is 12.1. The van der Waals surface area contributed by atoms with Gasteiger partial charge in [0.25, 0.3) is 0 Å². The van der Waals surface area contributed by atoms with Crippen molar-refractivity contribution in [3.05, 3.63) is 10.3 Å². The Labute approximate surface area is 323 Å². The minimum absolute atomic E-state index is 0. The van der Waals surface area contributed by atoms with Gasteiger partial charge < -0.3 is 35.6 Å². The summed E-state index contributed by atoms with van der Waals surface area (Å²) < 4.78 is 33.1. The fourth-order valence-electron chi connectivity index (χ4n) is 3.08. The molecule has 1 aliphatic heterocycles. The van der Waals surface area contributed by atoms with Crippen molar-refractivity contribution in [2.75, 3.05) is 0 Å². The molecule has 8 nitrogen and oxygen atoms in total. The summed E-state index contributed by atoms with van der Waals surface area (Å²) in [6, 6.07) is 0. The van der Waals surface area contributed by atoms with Crippen molar-refractivity contribution in [3.8, 4) is 0 Å². The van der Waals surface area contributed by atoms with E-state index in [0.29, 0.717) is 0 Å². The Morgan fingerprint density at radius 1 is 0.676 bits per heavy atom. The van der Waals surface area contributed by atoms with Gasteiger partial charge in [0.15, 0.2) is 0 Å². The molecule has 4 atom stereocenters. The van der Waals surface area contributed by atoms with E-state index >= 15 is 0 Å². The molecule has 0 aromatic carbocycles. The maximum Gasteiger partial charge on any atom is 0.314 e. The SMILES string of the molecule is C[Si](C)([O-])O[Si](C)(C)O[Si](C)(C)[N-]P.C[Si]1(C)O[Si](C)(C)O[Si](C)(C)O1.P.P.[NH-]P.[U].[U].[U].[U]. The van der Waals surface area contributed by atoms with Crippen LogP contribution in [0.5, 0.6) is 0 Å². The Morgan fingerprint density at radius 2 is 0.912 bits per heavy atom. The van der Waals surface area contributed by atoms with E-state index in [1.54, 1.807) is 22.5 Å². The van der Waals surface area contributed by atoms with Crippen molar-refractivity contribution in [2.24, 2.45) is 0 Å². The Bertz CT molecular complexity index is 459. The number of nitrogens with zero attached hydrogens (tertiary/aromatic N) is 1. The molecule has 0 aromatic heterocycles. The second-order valence-electron chi connectivity index (χ2n) is 9.09. The normalized spacial score (nSPS) is 17.3. The van der Waals surface area contributed by atoms with Gasteiger partial charge in [0, 0.05) is 124 Å². The van der Waals surface area contributed by atoms with E-state index in [4.69, 9.17) is 26.1 Å². The molecule has 0 aromatic rings. The van der Waals surface area contributed by atoms with E-state index in [2.05, 4.69) is 53.4 Å². The van der Waals surface area contributed by atoms with Crippen LogP contribution in [0.4, 0.5) is 0 Å².